The number of nitrogens with two attached hydrogens (primary N) is 1. The number of benzene rings is 1. The Hall–Kier alpha value is -2.74. The van der Waals surface area contributed by atoms with Gasteiger partial charge in [-0.2, -0.15) is 15.0 Å². The Bertz CT molecular complexity index is 779. The predicted octanol–water partition coefficient (Wildman–Crippen LogP) is 2.22. The first-order valence-electron chi connectivity index (χ1n) is 5.74. The monoisotopic (exact) mass is 306 g/mol. The largest absolute Gasteiger partial charge is 0.424 e. The van der Waals surface area contributed by atoms with Gasteiger partial charge in [0.15, 0.2) is 0 Å². The predicted molar refractivity (Wildman–Crippen MR) is 72.8 cm³/mol. The molecular formula is C12H8ClFN6O. The van der Waals surface area contributed by atoms with Crippen LogP contribution in [0.2, 0.25) is 5.02 Å². The van der Waals surface area contributed by atoms with Crippen molar-refractivity contribution in [2.75, 3.05) is 5.73 Å². The topological polar surface area (TPSA) is 91.7 Å². The van der Waals surface area contributed by atoms with Crippen molar-refractivity contribution in [1.82, 2.24) is 24.5 Å². The van der Waals surface area contributed by atoms with Crippen LogP contribution in [-0.2, 0) is 0 Å². The Morgan fingerprint density at radius 2 is 2.10 bits per heavy atom. The van der Waals surface area contributed by atoms with Gasteiger partial charge in [-0.25, -0.2) is 9.37 Å². The van der Waals surface area contributed by atoms with Crippen LogP contribution in [-0.4, -0.2) is 24.5 Å². The van der Waals surface area contributed by atoms with E-state index in [1.807, 2.05) is 0 Å². The Kier molecular flexibility index (Phi) is 3.36. The summed E-state index contributed by atoms with van der Waals surface area (Å²) < 4.78 is 20.3. The highest BCUT2D eigenvalue weighted by molar-refractivity contribution is 6.30. The summed E-state index contributed by atoms with van der Waals surface area (Å²) in [4.78, 5) is 15.7. The molecular weight excluding hydrogens is 299 g/mol. The van der Waals surface area contributed by atoms with Crippen LogP contribution in [0.15, 0.2) is 36.9 Å². The van der Waals surface area contributed by atoms with Gasteiger partial charge in [0.05, 0.1) is 5.02 Å². The lowest BCUT2D eigenvalue weighted by molar-refractivity contribution is 0.435. The van der Waals surface area contributed by atoms with Gasteiger partial charge in [-0.3, -0.25) is 4.57 Å². The fraction of sp³-hybridized carbons (Fsp3) is 0. The fourth-order valence-corrected chi connectivity index (χ4v) is 1.66. The van der Waals surface area contributed by atoms with Crippen LogP contribution in [0.5, 0.6) is 11.8 Å². The summed E-state index contributed by atoms with van der Waals surface area (Å²) in [6.07, 6.45) is 4.70. The Balaban J connectivity index is 1.93. The lowest BCUT2D eigenvalue weighted by atomic mass is 10.3. The number of nitrogens with zero attached hydrogens (tertiary/aromatic N) is 5. The molecule has 0 saturated carbocycles. The van der Waals surface area contributed by atoms with E-state index in [0.29, 0.717) is 0 Å². The second kappa shape index (κ2) is 5.33. The summed E-state index contributed by atoms with van der Waals surface area (Å²) in [5.41, 5.74) is 5.60. The maximum absolute atomic E-state index is 13.4. The minimum atomic E-state index is -0.606. The average Bonchev–Trinajstić information content (AvgIpc) is 2.96. The molecule has 2 aromatic heterocycles. The number of halogens is 2. The third-order valence-corrected chi connectivity index (χ3v) is 2.76. The van der Waals surface area contributed by atoms with E-state index >= 15 is 0 Å². The van der Waals surface area contributed by atoms with Gasteiger partial charge in [-0.1, -0.05) is 11.6 Å². The molecule has 0 unspecified atom stereocenters. The normalized spacial score (nSPS) is 10.6. The molecule has 0 aliphatic heterocycles. The number of hydrogen-bond donors (Lipinski definition) is 1. The van der Waals surface area contributed by atoms with Crippen LogP contribution in [0.25, 0.3) is 5.95 Å². The zero-order chi connectivity index (χ0) is 14.8. The summed E-state index contributed by atoms with van der Waals surface area (Å²) in [7, 11) is 0. The number of ether oxygens (including phenoxy) is 1. The molecule has 1 aromatic carbocycles. The molecule has 0 aliphatic rings. The number of imidazole rings is 1. The Labute approximate surface area is 123 Å². The summed E-state index contributed by atoms with van der Waals surface area (Å²) in [5.74, 6) is -0.201. The van der Waals surface area contributed by atoms with Gasteiger partial charge in [0, 0.05) is 18.5 Å². The van der Waals surface area contributed by atoms with Crippen LogP contribution in [0.1, 0.15) is 0 Å². The maximum Gasteiger partial charge on any atom is 0.328 e. The molecule has 0 fully saturated rings. The number of anilines is 1. The van der Waals surface area contributed by atoms with E-state index < -0.39 is 5.82 Å². The first-order valence-corrected chi connectivity index (χ1v) is 6.12. The first-order chi connectivity index (χ1) is 10.1. The summed E-state index contributed by atoms with van der Waals surface area (Å²) >= 11 is 5.60. The van der Waals surface area contributed by atoms with Crippen molar-refractivity contribution in [2.24, 2.45) is 0 Å². The lowest BCUT2D eigenvalue weighted by Crippen LogP contribution is -2.06. The fourth-order valence-electron chi connectivity index (χ4n) is 1.55. The van der Waals surface area contributed by atoms with Crippen molar-refractivity contribution in [3.63, 3.8) is 0 Å². The Morgan fingerprint density at radius 1 is 1.24 bits per heavy atom. The van der Waals surface area contributed by atoms with Gasteiger partial charge in [0.1, 0.15) is 17.9 Å². The molecule has 2 N–H and O–H groups in total. The third kappa shape index (κ3) is 2.90. The van der Waals surface area contributed by atoms with Gasteiger partial charge < -0.3 is 10.5 Å². The zero-order valence-electron chi connectivity index (χ0n) is 10.4. The quantitative estimate of drug-likeness (QED) is 0.797. The van der Waals surface area contributed by atoms with E-state index in [4.69, 9.17) is 22.1 Å². The van der Waals surface area contributed by atoms with Gasteiger partial charge in [0.2, 0.25) is 11.9 Å². The summed E-state index contributed by atoms with van der Waals surface area (Å²) in [5, 5.41) is -0.00313. The number of hydrogen-bond acceptors (Lipinski definition) is 6. The third-order valence-electron chi connectivity index (χ3n) is 2.46. The molecule has 0 atom stereocenters. The molecule has 2 heterocycles. The lowest BCUT2D eigenvalue weighted by Gasteiger charge is -2.07. The second-order valence-electron chi connectivity index (χ2n) is 3.92. The Morgan fingerprint density at radius 3 is 2.81 bits per heavy atom. The van der Waals surface area contributed by atoms with Gasteiger partial charge in [-0.15, -0.1) is 0 Å². The molecule has 9 heteroatoms. The first kappa shape index (κ1) is 13.3. The van der Waals surface area contributed by atoms with Gasteiger partial charge in [0.25, 0.3) is 0 Å². The van der Waals surface area contributed by atoms with Crippen molar-refractivity contribution < 1.29 is 9.13 Å². The minimum absolute atomic E-state index is 0.00313. The molecule has 7 nitrogen and oxygen atoms in total. The van der Waals surface area contributed by atoms with E-state index in [1.54, 1.807) is 12.4 Å². The molecule has 21 heavy (non-hydrogen) atoms. The van der Waals surface area contributed by atoms with Crippen molar-refractivity contribution in [3.05, 3.63) is 47.8 Å². The average molecular weight is 307 g/mol. The van der Waals surface area contributed by atoms with Crippen LogP contribution >= 0.6 is 11.6 Å². The van der Waals surface area contributed by atoms with Crippen molar-refractivity contribution in [3.8, 4) is 17.7 Å². The summed E-state index contributed by atoms with van der Waals surface area (Å²) in [6, 6.07) is 3.92. The molecule has 3 rings (SSSR count). The molecule has 0 aliphatic carbocycles. The molecule has 0 saturated heterocycles. The second-order valence-corrected chi connectivity index (χ2v) is 4.33. The number of nitrogen functional groups attached to an aromatic ring is 1. The number of rotatable bonds is 3. The van der Waals surface area contributed by atoms with Gasteiger partial charge in [-0.05, 0) is 12.1 Å². The highest BCUT2D eigenvalue weighted by Gasteiger charge is 2.09. The highest BCUT2D eigenvalue weighted by Crippen LogP contribution is 2.24. The SMILES string of the molecule is Nc1nc(Oc2ccc(Cl)c(F)c2)nc(-n2ccnc2)n1. The van der Waals surface area contributed by atoms with E-state index in [2.05, 4.69) is 19.9 Å². The molecule has 3 aromatic rings. The minimum Gasteiger partial charge on any atom is -0.424 e. The van der Waals surface area contributed by atoms with Crippen molar-refractivity contribution >= 4 is 17.5 Å². The van der Waals surface area contributed by atoms with Crippen LogP contribution in [0.3, 0.4) is 0 Å². The van der Waals surface area contributed by atoms with Crippen molar-refractivity contribution in [2.45, 2.75) is 0 Å². The van der Waals surface area contributed by atoms with E-state index in [-0.39, 0.29) is 28.7 Å². The van der Waals surface area contributed by atoms with Crippen molar-refractivity contribution in [1.29, 1.82) is 0 Å². The molecule has 0 bridgehead atoms. The molecule has 106 valence electrons. The van der Waals surface area contributed by atoms with E-state index in [0.717, 1.165) is 6.07 Å². The summed E-state index contributed by atoms with van der Waals surface area (Å²) in [6.45, 7) is 0. The van der Waals surface area contributed by atoms with E-state index in [9.17, 15) is 4.39 Å². The standard InChI is InChI=1S/C12H8ClFN6O/c13-8-2-1-7(5-9(8)14)21-12-18-10(15)17-11(19-12)20-4-3-16-6-20/h1-6H,(H2,15,17,18,19). The maximum atomic E-state index is 13.4. The smallest absolute Gasteiger partial charge is 0.328 e. The molecule has 0 radical (unpaired) electrons. The van der Waals surface area contributed by atoms with Crippen LogP contribution in [0, 0.1) is 5.82 Å². The van der Waals surface area contributed by atoms with E-state index in [1.165, 1.54) is 23.0 Å². The highest BCUT2D eigenvalue weighted by atomic mass is 35.5. The molecule has 0 amide bonds. The molecule has 0 spiro atoms. The van der Waals surface area contributed by atoms with Gasteiger partial charge >= 0.3 is 6.01 Å². The van der Waals surface area contributed by atoms with Crippen LogP contribution < -0.4 is 10.5 Å². The zero-order valence-corrected chi connectivity index (χ0v) is 11.2. The number of aromatic nitrogens is 5. The van der Waals surface area contributed by atoms with Crippen LogP contribution in [0.4, 0.5) is 10.3 Å².